The minimum absolute atomic E-state index is 0.730. The van der Waals surface area contributed by atoms with Crippen LogP contribution in [-0.4, -0.2) is 13.2 Å². The van der Waals surface area contributed by atoms with Crippen molar-refractivity contribution in [1.82, 2.24) is 5.32 Å². The number of rotatable bonds is 9. The van der Waals surface area contributed by atoms with Gasteiger partial charge in [0.15, 0.2) is 0 Å². The predicted octanol–water partition coefficient (Wildman–Crippen LogP) is 3.76. The van der Waals surface area contributed by atoms with E-state index in [1.807, 2.05) is 19.1 Å². The van der Waals surface area contributed by atoms with Gasteiger partial charge in [-0.3, -0.25) is 0 Å². The van der Waals surface area contributed by atoms with E-state index in [4.69, 9.17) is 4.74 Å². The van der Waals surface area contributed by atoms with Crippen molar-refractivity contribution in [3.05, 3.63) is 29.8 Å². The molecule has 1 rings (SSSR count). The van der Waals surface area contributed by atoms with Crippen molar-refractivity contribution in [3.63, 3.8) is 0 Å². The van der Waals surface area contributed by atoms with E-state index in [1.165, 1.54) is 31.2 Å². The Morgan fingerprint density at radius 2 is 1.88 bits per heavy atom. The molecule has 96 valence electrons. The van der Waals surface area contributed by atoms with Crippen molar-refractivity contribution >= 4 is 0 Å². The molecule has 0 aliphatic carbocycles. The van der Waals surface area contributed by atoms with E-state index in [0.717, 1.165) is 25.4 Å². The summed E-state index contributed by atoms with van der Waals surface area (Å²) >= 11 is 0. The van der Waals surface area contributed by atoms with Crippen molar-refractivity contribution in [2.75, 3.05) is 13.2 Å². The van der Waals surface area contributed by atoms with Crippen LogP contribution in [0.2, 0.25) is 0 Å². The summed E-state index contributed by atoms with van der Waals surface area (Å²) in [5, 5.41) is 3.48. The van der Waals surface area contributed by atoms with Crippen LogP contribution in [-0.2, 0) is 6.54 Å². The Bertz CT molecular complexity index is 299. The van der Waals surface area contributed by atoms with Gasteiger partial charge in [-0.2, -0.15) is 0 Å². The lowest BCUT2D eigenvalue weighted by atomic mass is 10.2. The Morgan fingerprint density at radius 3 is 2.65 bits per heavy atom. The molecule has 1 aromatic carbocycles. The largest absolute Gasteiger partial charge is 0.494 e. The van der Waals surface area contributed by atoms with E-state index in [0.29, 0.717) is 0 Å². The van der Waals surface area contributed by atoms with Gasteiger partial charge >= 0.3 is 0 Å². The van der Waals surface area contributed by atoms with Crippen LogP contribution in [0.15, 0.2) is 24.3 Å². The summed E-state index contributed by atoms with van der Waals surface area (Å²) in [4.78, 5) is 0. The highest BCUT2D eigenvalue weighted by molar-refractivity contribution is 5.33. The maximum Gasteiger partial charge on any atom is 0.123 e. The molecule has 0 atom stereocenters. The lowest BCUT2D eigenvalue weighted by Crippen LogP contribution is -2.15. The molecule has 2 heteroatoms. The molecular weight excluding hydrogens is 210 g/mol. The lowest BCUT2D eigenvalue weighted by molar-refractivity contribution is 0.335. The molecule has 0 aliphatic rings. The summed E-state index contributed by atoms with van der Waals surface area (Å²) in [5.74, 6) is 1.01. The molecule has 1 aromatic rings. The first-order chi connectivity index (χ1) is 8.38. The quantitative estimate of drug-likeness (QED) is 0.658. The van der Waals surface area contributed by atoms with Crippen molar-refractivity contribution < 1.29 is 4.74 Å². The normalized spacial score (nSPS) is 10.5. The van der Waals surface area contributed by atoms with Crippen molar-refractivity contribution in [3.8, 4) is 5.75 Å². The summed E-state index contributed by atoms with van der Waals surface area (Å²) in [6.45, 7) is 7.00. The van der Waals surface area contributed by atoms with Crippen LogP contribution in [0.1, 0.15) is 45.1 Å². The first-order valence-corrected chi connectivity index (χ1v) is 6.80. The third-order valence-electron chi connectivity index (χ3n) is 2.80. The van der Waals surface area contributed by atoms with Gasteiger partial charge in [-0.1, -0.05) is 44.4 Å². The number of hydrogen-bond donors (Lipinski definition) is 1. The highest BCUT2D eigenvalue weighted by Gasteiger charge is 2.00. The average Bonchev–Trinajstić information content (AvgIpc) is 2.36. The predicted molar refractivity (Wildman–Crippen MR) is 73.5 cm³/mol. The summed E-state index contributed by atoms with van der Waals surface area (Å²) < 4.78 is 5.59. The standard InChI is InChI=1S/C15H25NO/c1-3-5-6-9-12-16-13-14-10-7-8-11-15(14)17-4-2/h7-8,10-11,16H,3-6,9,12-13H2,1-2H3. The van der Waals surface area contributed by atoms with Crippen LogP contribution in [0, 0.1) is 0 Å². The molecule has 0 spiro atoms. The first-order valence-electron chi connectivity index (χ1n) is 6.80. The van der Waals surface area contributed by atoms with Gasteiger partial charge in [-0.25, -0.2) is 0 Å². The van der Waals surface area contributed by atoms with Gasteiger partial charge in [0.05, 0.1) is 6.61 Å². The fourth-order valence-electron chi connectivity index (χ4n) is 1.85. The van der Waals surface area contributed by atoms with Gasteiger partial charge in [0.1, 0.15) is 5.75 Å². The van der Waals surface area contributed by atoms with Crippen LogP contribution in [0.3, 0.4) is 0 Å². The van der Waals surface area contributed by atoms with Crippen molar-refractivity contribution in [2.45, 2.75) is 46.1 Å². The molecular formula is C15H25NO. The van der Waals surface area contributed by atoms with Gasteiger partial charge in [-0.05, 0) is 26.0 Å². The van der Waals surface area contributed by atoms with E-state index < -0.39 is 0 Å². The minimum atomic E-state index is 0.730. The minimum Gasteiger partial charge on any atom is -0.494 e. The molecule has 0 radical (unpaired) electrons. The van der Waals surface area contributed by atoms with Crippen LogP contribution < -0.4 is 10.1 Å². The number of unbranched alkanes of at least 4 members (excludes halogenated alkanes) is 3. The molecule has 1 N–H and O–H groups in total. The Balaban J connectivity index is 2.25. The fraction of sp³-hybridized carbons (Fsp3) is 0.600. The zero-order valence-electron chi connectivity index (χ0n) is 11.2. The van der Waals surface area contributed by atoms with Crippen LogP contribution in [0.4, 0.5) is 0 Å². The summed E-state index contributed by atoms with van der Waals surface area (Å²) in [7, 11) is 0. The van der Waals surface area contributed by atoms with Gasteiger partial charge in [0.2, 0.25) is 0 Å². The van der Waals surface area contributed by atoms with E-state index >= 15 is 0 Å². The monoisotopic (exact) mass is 235 g/mol. The number of nitrogens with one attached hydrogen (secondary N) is 1. The Labute approximate surface area is 105 Å². The molecule has 0 saturated carbocycles. The maximum atomic E-state index is 5.59. The maximum absolute atomic E-state index is 5.59. The summed E-state index contributed by atoms with van der Waals surface area (Å²) in [6.07, 6.45) is 5.24. The SMILES string of the molecule is CCCCCCNCc1ccccc1OCC. The van der Waals surface area contributed by atoms with Crippen LogP contribution in [0.5, 0.6) is 5.75 Å². The number of benzene rings is 1. The smallest absolute Gasteiger partial charge is 0.123 e. The Kier molecular flexibility index (Phi) is 7.48. The van der Waals surface area contributed by atoms with E-state index in [-0.39, 0.29) is 0 Å². The number of para-hydroxylation sites is 1. The van der Waals surface area contributed by atoms with Crippen molar-refractivity contribution in [2.24, 2.45) is 0 Å². The fourth-order valence-corrected chi connectivity index (χ4v) is 1.85. The van der Waals surface area contributed by atoms with Gasteiger partial charge in [0.25, 0.3) is 0 Å². The van der Waals surface area contributed by atoms with Gasteiger partial charge in [0, 0.05) is 12.1 Å². The third kappa shape index (κ3) is 5.73. The van der Waals surface area contributed by atoms with E-state index in [9.17, 15) is 0 Å². The van der Waals surface area contributed by atoms with Crippen LogP contribution in [0.25, 0.3) is 0 Å². The molecule has 0 heterocycles. The second-order valence-electron chi connectivity index (χ2n) is 4.28. The lowest BCUT2D eigenvalue weighted by Gasteiger charge is -2.10. The van der Waals surface area contributed by atoms with Crippen molar-refractivity contribution in [1.29, 1.82) is 0 Å². The zero-order valence-corrected chi connectivity index (χ0v) is 11.2. The molecule has 0 unspecified atom stereocenters. The Hall–Kier alpha value is -1.02. The molecule has 0 amide bonds. The summed E-state index contributed by atoms with van der Waals surface area (Å²) in [6, 6.07) is 8.26. The topological polar surface area (TPSA) is 21.3 Å². The van der Waals surface area contributed by atoms with E-state index in [2.05, 4.69) is 24.4 Å². The Morgan fingerprint density at radius 1 is 1.06 bits per heavy atom. The summed E-state index contributed by atoms with van der Waals surface area (Å²) in [5.41, 5.74) is 1.25. The second kappa shape index (κ2) is 9.06. The molecule has 0 aliphatic heterocycles. The molecule has 0 bridgehead atoms. The second-order valence-corrected chi connectivity index (χ2v) is 4.28. The number of hydrogen-bond acceptors (Lipinski definition) is 2. The molecule has 0 aromatic heterocycles. The first kappa shape index (κ1) is 14.0. The zero-order chi connectivity index (χ0) is 12.3. The van der Waals surface area contributed by atoms with E-state index in [1.54, 1.807) is 0 Å². The molecule has 2 nitrogen and oxygen atoms in total. The highest BCUT2D eigenvalue weighted by Crippen LogP contribution is 2.17. The van der Waals surface area contributed by atoms with Gasteiger partial charge < -0.3 is 10.1 Å². The molecule has 17 heavy (non-hydrogen) atoms. The van der Waals surface area contributed by atoms with Crippen LogP contribution >= 0.6 is 0 Å². The third-order valence-corrected chi connectivity index (χ3v) is 2.80. The average molecular weight is 235 g/mol. The highest BCUT2D eigenvalue weighted by atomic mass is 16.5. The van der Waals surface area contributed by atoms with Gasteiger partial charge in [-0.15, -0.1) is 0 Å². The molecule has 0 saturated heterocycles. The number of ether oxygens (including phenoxy) is 1. The molecule has 0 fully saturated rings.